The second kappa shape index (κ2) is 10.6. The third kappa shape index (κ3) is 5.21. The molecule has 1 atom stereocenters. The van der Waals surface area contributed by atoms with Gasteiger partial charge in [-0.3, -0.25) is 9.59 Å². The molecular weight excluding hydrogens is 372 g/mol. The lowest BCUT2D eigenvalue weighted by atomic mass is 9.79. The van der Waals surface area contributed by atoms with Crippen molar-refractivity contribution < 1.29 is 9.59 Å². The van der Waals surface area contributed by atoms with Crippen LogP contribution in [0.5, 0.6) is 0 Å². The minimum atomic E-state index is -0.182. The maximum Gasteiger partial charge on any atom is 0.227 e. The molecule has 2 heterocycles. The average Bonchev–Trinajstić information content (AvgIpc) is 2.76. The van der Waals surface area contributed by atoms with Crippen molar-refractivity contribution >= 4 is 11.8 Å². The van der Waals surface area contributed by atoms with E-state index in [9.17, 15) is 9.59 Å². The van der Waals surface area contributed by atoms with Crippen molar-refractivity contribution in [1.82, 2.24) is 9.80 Å². The van der Waals surface area contributed by atoms with Crippen molar-refractivity contribution in [2.75, 3.05) is 19.6 Å². The number of amides is 2. The van der Waals surface area contributed by atoms with Crippen LogP contribution < -0.4 is 0 Å². The molecular formula is C26H36N2O2. The van der Waals surface area contributed by atoms with Crippen LogP contribution in [0.25, 0.3) is 0 Å². The smallest absolute Gasteiger partial charge is 0.227 e. The summed E-state index contributed by atoms with van der Waals surface area (Å²) in [6, 6.07) is 10.4. The van der Waals surface area contributed by atoms with Crippen molar-refractivity contribution in [3.8, 4) is 0 Å². The highest BCUT2D eigenvalue weighted by molar-refractivity contribution is 5.84. The number of piperidine rings is 2. The minimum absolute atomic E-state index is 0.0912. The van der Waals surface area contributed by atoms with E-state index >= 15 is 0 Å². The molecule has 0 spiro atoms. The Morgan fingerprint density at radius 1 is 1.13 bits per heavy atom. The number of hydrogen-bond acceptors (Lipinski definition) is 2. The molecule has 2 aliphatic heterocycles. The SMILES string of the molecule is C=CCC1(CC=C)CCCCN1C(=O)C1CCC(=O)N(CCCc2ccccc2)C1. The van der Waals surface area contributed by atoms with Crippen molar-refractivity contribution in [3.63, 3.8) is 0 Å². The summed E-state index contributed by atoms with van der Waals surface area (Å²) in [5.41, 5.74) is 1.11. The van der Waals surface area contributed by atoms with Gasteiger partial charge in [-0.15, -0.1) is 13.2 Å². The second-order valence-electron chi connectivity index (χ2n) is 8.82. The number of carbonyl (C=O) groups is 2. The van der Waals surface area contributed by atoms with Gasteiger partial charge in [0.2, 0.25) is 11.8 Å². The summed E-state index contributed by atoms with van der Waals surface area (Å²) in [4.78, 5) is 30.1. The standard InChI is InChI=1S/C26H36N2O2/c1-3-16-26(17-4-2)18-8-9-20-28(26)25(30)23-14-15-24(29)27(21-23)19-10-13-22-11-6-5-7-12-22/h3-7,11-12,23H,1-2,8-10,13-21H2. The fraction of sp³-hybridized carbons (Fsp3) is 0.538. The largest absolute Gasteiger partial charge is 0.342 e. The summed E-state index contributed by atoms with van der Waals surface area (Å²) in [7, 11) is 0. The molecule has 4 nitrogen and oxygen atoms in total. The summed E-state index contributed by atoms with van der Waals surface area (Å²) >= 11 is 0. The Kier molecular flexibility index (Phi) is 7.89. The van der Waals surface area contributed by atoms with Gasteiger partial charge in [0.1, 0.15) is 0 Å². The molecule has 0 N–H and O–H groups in total. The number of nitrogens with zero attached hydrogens (tertiary/aromatic N) is 2. The van der Waals surface area contributed by atoms with Crippen LogP contribution in [0.15, 0.2) is 55.6 Å². The van der Waals surface area contributed by atoms with Gasteiger partial charge in [-0.25, -0.2) is 0 Å². The second-order valence-corrected chi connectivity index (χ2v) is 8.82. The monoisotopic (exact) mass is 408 g/mol. The topological polar surface area (TPSA) is 40.6 Å². The molecule has 2 saturated heterocycles. The molecule has 1 unspecified atom stereocenters. The lowest BCUT2D eigenvalue weighted by Gasteiger charge is -2.49. The Balaban J connectivity index is 1.63. The van der Waals surface area contributed by atoms with Gasteiger partial charge in [-0.05, 0) is 56.9 Å². The Bertz CT molecular complexity index is 733. The zero-order valence-electron chi connectivity index (χ0n) is 18.2. The third-order valence-corrected chi connectivity index (χ3v) is 6.75. The molecule has 0 aromatic heterocycles. The van der Waals surface area contributed by atoms with Crippen LogP contribution >= 0.6 is 0 Å². The normalized spacial score (nSPS) is 21.3. The van der Waals surface area contributed by atoms with Gasteiger partial charge < -0.3 is 9.80 Å². The van der Waals surface area contributed by atoms with Gasteiger partial charge in [0.15, 0.2) is 0 Å². The summed E-state index contributed by atoms with van der Waals surface area (Å²) in [6.45, 7) is 9.97. The molecule has 1 aromatic rings. The maximum atomic E-state index is 13.6. The van der Waals surface area contributed by atoms with Crippen molar-refractivity contribution in [3.05, 3.63) is 61.2 Å². The van der Waals surface area contributed by atoms with E-state index in [0.717, 1.165) is 58.0 Å². The first-order valence-corrected chi connectivity index (χ1v) is 11.4. The van der Waals surface area contributed by atoms with Crippen LogP contribution in [0.1, 0.15) is 56.9 Å². The zero-order chi connectivity index (χ0) is 21.4. The van der Waals surface area contributed by atoms with E-state index in [1.54, 1.807) is 0 Å². The number of carbonyl (C=O) groups excluding carboxylic acids is 2. The first-order valence-electron chi connectivity index (χ1n) is 11.4. The molecule has 0 bridgehead atoms. The van der Waals surface area contributed by atoms with Crippen LogP contribution in [0.2, 0.25) is 0 Å². The van der Waals surface area contributed by atoms with Crippen molar-refractivity contribution in [2.24, 2.45) is 5.92 Å². The zero-order valence-corrected chi connectivity index (χ0v) is 18.2. The molecule has 2 aliphatic rings. The fourth-order valence-electron chi connectivity index (χ4n) is 5.16. The van der Waals surface area contributed by atoms with E-state index < -0.39 is 0 Å². The van der Waals surface area contributed by atoms with Gasteiger partial charge in [-0.2, -0.15) is 0 Å². The van der Waals surface area contributed by atoms with Gasteiger partial charge in [-0.1, -0.05) is 42.5 Å². The highest BCUT2D eigenvalue weighted by Crippen LogP contribution is 2.37. The molecule has 2 fully saturated rings. The van der Waals surface area contributed by atoms with Gasteiger partial charge in [0.25, 0.3) is 0 Å². The predicted molar refractivity (Wildman–Crippen MR) is 122 cm³/mol. The van der Waals surface area contributed by atoms with Crippen molar-refractivity contribution in [1.29, 1.82) is 0 Å². The summed E-state index contributed by atoms with van der Waals surface area (Å²) < 4.78 is 0. The molecule has 4 heteroatoms. The van der Waals surface area contributed by atoms with Crippen LogP contribution in [-0.2, 0) is 16.0 Å². The van der Waals surface area contributed by atoms with Crippen molar-refractivity contribution in [2.45, 2.75) is 63.3 Å². The quantitative estimate of drug-likeness (QED) is 0.553. The van der Waals surface area contributed by atoms with Crippen LogP contribution in [0, 0.1) is 5.92 Å². The minimum Gasteiger partial charge on any atom is -0.342 e. The van der Waals surface area contributed by atoms with E-state index in [1.807, 2.05) is 35.3 Å². The van der Waals surface area contributed by atoms with Crippen LogP contribution in [0.3, 0.4) is 0 Å². The van der Waals surface area contributed by atoms with E-state index in [-0.39, 0.29) is 23.3 Å². The summed E-state index contributed by atoms with van der Waals surface area (Å²) in [6.07, 6.45) is 11.7. The van der Waals surface area contributed by atoms with E-state index in [4.69, 9.17) is 0 Å². The highest BCUT2D eigenvalue weighted by Gasteiger charge is 2.43. The summed E-state index contributed by atoms with van der Waals surface area (Å²) in [5.74, 6) is 0.319. The van der Waals surface area contributed by atoms with E-state index in [0.29, 0.717) is 19.4 Å². The maximum absolute atomic E-state index is 13.6. The first-order chi connectivity index (χ1) is 14.6. The number of benzene rings is 1. The highest BCUT2D eigenvalue weighted by atomic mass is 16.2. The lowest BCUT2D eigenvalue weighted by molar-refractivity contribution is -0.149. The Hall–Kier alpha value is -2.36. The number of hydrogen-bond donors (Lipinski definition) is 0. The van der Waals surface area contributed by atoms with Crippen LogP contribution in [0.4, 0.5) is 0 Å². The van der Waals surface area contributed by atoms with E-state index in [1.165, 1.54) is 5.56 Å². The predicted octanol–water partition coefficient (Wildman–Crippen LogP) is 4.76. The third-order valence-electron chi connectivity index (χ3n) is 6.75. The summed E-state index contributed by atoms with van der Waals surface area (Å²) in [5, 5.41) is 0. The fourth-order valence-corrected chi connectivity index (χ4v) is 5.16. The van der Waals surface area contributed by atoms with Crippen LogP contribution in [-0.4, -0.2) is 46.8 Å². The Morgan fingerprint density at radius 3 is 2.57 bits per heavy atom. The molecule has 1 aromatic carbocycles. The molecule has 0 aliphatic carbocycles. The lowest BCUT2D eigenvalue weighted by Crippen LogP contribution is -2.57. The Labute approximate surface area is 181 Å². The number of aryl methyl sites for hydroxylation is 1. The number of rotatable bonds is 9. The van der Waals surface area contributed by atoms with Gasteiger partial charge in [0, 0.05) is 31.6 Å². The van der Waals surface area contributed by atoms with E-state index in [2.05, 4.69) is 30.2 Å². The van der Waals surface area contributed by atoms with Gasteiger partial charge >= 0.3 is 0 Å². The first kappa shape index (κ1) is 22.3. The molecule has 3 rings (SSSR count). The molecule has 2 amide bonds. The molecule has 30 heavy (non-hydrogen) atoms. The Morgan fingerprint density at radius 2 is 1.87 bits per heavy atom. The average molecular weight is 409 g/mol. The van der Waals surface area contributed by atoms with Gasteiger partial charge in [0.05, 0.1) is 5.92 Å². The molecule has 0 radical (unpaired) electrons. The molecule has 162 valence electrons. The number of likely N-dealkylation sites (tertiary alicyclic amines) is 2. The molecule has 0 saturated carbocycles.